The maximum Gasteiger partial charge on any atom is 0.453 e. The Hall–Kier alpha value is -4.50. The predicted molar refractivity (Wildman–Crippen MR) is 142 cm³/mol. The second-order valence-corrected chi connectivity index (χ2v) is 9.09. The smallest absolute Gasteiger partial charge is 0.453 e. The van der Waals surface area contributed by atoms with Crippen molar-refractivity contribution in [1.29, 1.82) is 0 Å². The lowest BCUT2D eigenvalue weighted by atomic mass is 10.1. The van der Waals surface area contributed by atoms with Gasteiger partial charge in [-0.25, -0.2) is 0 Å². The lowest BCUT2D eigenvalue weighted by Crippen LogP contribution is -2.20. The molecular formula is C29H19ClF3NO5. The molecule has 39 heavy (non-hydrogen) atoms. The van der Waals surface area contributed by atoms with E-state index in [9.17, 15) is 22.8 Å². The summed E-state index contributed by atoms with van der Waals surface area (Å²) in [5.41, 5.74) is -0.0973. The average molecular weight is 554 g/mol. The van der Waals surface area contributed by atoms with E-state index in [1.54, 1.807) is 43.3 Å². The Morgan fingerprint density at radius 2 is 1.69 bits per heavy atom. The molecule has 4 aromatic carbocycles. The summed E-state index contributed by atoms with van der Waals surface area (Å²) in [6, 6.07) is 20.6. The molecule has 0 radical (unpaired) electrons. The topological polar surface area (TPSA) is 77.8 Å². The van der Waals surface area contributed by atoms with Crippen molar-refractivity contribution in [3.05, 3.63) is 105 Å². The van der Waals surface area contributed by atoms with Crippen LogP contribution in [0.15, 0.2) is 88.1 Å². The molecule has 0 saturated heterocycles. The van der Waals surface area contributed by atoms with Crippen LogP contribution < -0.4 is 20.2 Å². The Balaban J connectivity index is 1.42. The van der Waals surface area contributed by atoms with Crippen molar-refractivity contribution in [2.45, 2.75) is 13.1 Å². The summed E-state index contributed by atoms with van der Waals surface area (Å²) in [6.07, 6.45) is -5.02. The largest absolute Gasteiger partial charge is 0.484 e. The molecule has 0 spiro atoms. The van der Waals surface area contributed by atoms with Crippen LogP contribution in [-0.4, -0.2) is 12.5 Å². The number of benzene rings is 4. The van der Waals surface area contributed by atoms with Gasteiger partial charge in [-0.2, -0.15) is 13.2 Å². The summed E-state index contributed by atoms with van der Waals surface area (Å²) >= 11 is 5.92. The van der Waals surface area contributed by atoms with Gasteiger partial charge in [-0.05, 0) is 65.7 Å². The molecule has 1 heterocycles. The summed E-state index contributed by atoms with van der Waals surface area (Å²) < 4.78 is 57.8. The molecule has 1 amide bonds. The zero-order valence-electron chi connectivity index (χ0n) is 20.3. The van der Waals surface area contributed by atoms with Crippen molar-refractivity contribution in [3.63, 3.8) is 0 Å². The number of alkyl halides is 3. The third kappa shape index (κ3) is 5.68. The van der Waals surface area contributed by atoms with Gasteiger partial charge in [-0.15, -0.1) is 0 Å². The standard InChI is InChI=1S/C29H19ClF3NO5/c1-16-12-19(30)7-11-23(16)34-25(35)15-37-20-9-10-22-24(14-20)39-28(29(31,32)33)27(26(22)36)38-21-8-6-17-4-2-3-5-18(17)13-21/h2-14H,15H2,1H3,(H,34,35). The van der Waals surface area contributed by atoms with Crippen LogP contribution in [0.25, 0.3) is 21.7 Å². The molecule has 0 saturated carbocycles. The lowest BCUT2D eigenvalue weighted by Gasteiger charge is -2.14. The Labute approximate surface area is 224 Å². The van der Waals surface area contributed by atoms with Crippen molar-refractivity contribution >= 4 is 44.9 Å². The number of nitrogens with one attached hydrogen (secondary N) is 1. The van der Waals surface area contributed by atoms with Crippen molar-refractivity contribution in [1.82, 2.24) is 0 Å². The molecule has 0 aliphatic rings. The minimum absolute atomic E-state index is 0.0324. The average Bonchev–Trinajstić information content (AvgIpc) is 2.90. The molecule has 198 valence electrons. The molecule has 1 N–H and O–H groups in total. The van der Waals surface area contributed by atoms with Gasteiger partial charge >= 0.3 is 6.18 Å². The quantitative estimate of drug-likeness (QED) is 0.233. The van der Waals surface area contributed by atoms with E-state index in [0.29, 0.717) is 10.7 Å². The van der Waals surface area contributed by atoms with Gasteiger partial charge in [0.25, 0.3) is 11.7 Å². The van der Waals surface area contributed by atoms with Crippen LogP contribution in [-0.2, 0) is 11.0 Å². The van der Waals surface area contributed by atoms with Crippen LogP contribution >= 0.6 is 11.6 Å². The molecule has 5 rings (SSSR count). The molecule has 1 aromatic heterocycles. The summed E-state index contributed by atoms with van der Waals surface area (Å²) in [4.78, 5) is 25.4. The summed E-state index contributed by atoms with van der Waals surface area (Å²) in [5, 5.41) is 4.62. The summed E-state index contributed by atoms with van der Waals surface area (Å²) in [6.45, 7) is 1.33. The maximum atomic E-state index is 13.9. The van der Waals surface area contributed by atoms with Crippen LogP contribution in [0, 0.1) is 6.92 Å². The lowest BCUT2D eigenvalue weighted by molar-refractivity contribution is -0.154. The van der Waals surface area contributed by atoms with E-state index >= 15 is 0 Å². The fourth-order valence-electron chi connectivity index (χ4n) is 3.98. The third-order valence-electron chi connectivity index (χ3n) is 5.85. The molecule has 6 nitrogen and oxygen atoms in total. The molecule has 0 fully saturated rings. The zero-order chi connectivity index (χ0) is 27.7. The monoisotopic (exact) mass is 553 g/mol. The maximum absolute atomic E-state index is 13.9. The first-order valence-electron chi connectivity index (χ1n) is 11.6. The molecular weight excluding hydrogens is 535 g/mol. The zero-order valence-corrected chi connectivity index (χ0v) is 21.0. The van der Waals surface area contributed by atoms with Crippen molar-refractivity contribution in [2.24, 2.45) is 0 Å². The highest BCUT2D eigenvalue weighted by atomic mass is 35.5. The number of anilines is 1. The number of carbonyl (C=O) groups is 1. The number of amides is 1. The first kappa shape index (κ1) is 26.1. The highest BCUT2D eigenvalue weighted by Crippen LogP contribution is 2.39. The van der Waals surface area contributed by atoms with E-state index in [0.717, 1.165) is 22.4 Å². The second-order valence-electron chi connectivity index (χ2n) is 8.65. The van der Waals surface area contributed by atoms with Gasteiger partial charge in [-0.1, -0.05) is 41.9 Å². The van der Waals surface area contributed by atoms with Gasteiger partial charge in [0, 0.05) is 16.8 Å². The van der Waals surface area contributed by atoms with E-state index in [2.05, 4.69) is 5.32 Å². The van der Waals surface area contributed by atoms with E-state index in [-0.39, 0.29) is 22.5 Å². The normalized spacial score (nSPS) is 11.5. The first-order valence-corrected chi connectivity index (χ1v) is 12.0. The highest BCUT2D eigenvalue weighted by Gasteiger charge is 2.40. The van der Waals surface area contributed by atoms with Crippen molar-refractivity contribution < 1.29 is 31.9 Å². The Morgan fingerprint density at radius 3 is 2.44 bits per heavy atom. The van der Waals surface area contributed by atoms with Crippen molar-refractivity contribution in [2.75, 3.05) is 11.9 Å². The number of carbonyl (C=O) groups excluding carboxylic acids is 1. The molecule has 0 aliphatic carbocycles. The van der Waals surface area contributed by atoms with E-state index in [1.807, 2.05) is 12.1 Å². The minimum atomic E-state index is -5.02. The number of fused-ring (bicyclic) bond motifs is 2. The predicted octanol–water partition coefficient (Wildman–Crippen LogP) is 7.74. The first-order chi connectivity index (χ1) is 18.6. The van der Waals surface area contributed by atoms with E-state index < -0.39 is 35.6 Å². The van der Waals surface area contributed by atoms with E-state index in [4.69, 9.17) is 25.5 Å². The molecule has 0 unspecified atom stereocenters. The van der Waals surface area contributed by atoms with Crippen LogP contribution in [0.4, 0.5) is 18.9 Å². The third-order valence-corrected chi connectivity index (χ3v) is 6.09. The highest BCUT2D eigenvalue weighted by molar-refractivity contribution is 6.30. The van der Waals surface area contributed by atoms with Gasteiger partial charge in [0.2, 0.25) is 11.2 Å². The fraction of sp³-hybridized carbons (Fsp3) is 0.103. The Kier molecular flexibility index (Phi) is 6.93. The fourth-order valence-corrected chi connectivity index (χ4v) is 4.20. The van der Waals surface area contributed by atoms with Crippen LogP contribution in [0.2, 0.25) is 5.02 Å². The van der Waals surface area contributed by atoms with Crippen LogP contribution in [0.5, 0.6) is 17.2 Å². The number of rotatable bonds is 6. The second kappa shape index (κ2) is 10.3. The SMILES string of the molecule is Cc1cc(Cl)ccc1NC(=O)COc1ccc2c(=O)c(Oc3ccc4ccccc4c3)c(C(F)(F)F)oc2c1. The number of halogens is 4. The number of ether oxygens (including phenoxy) is 2. The Morgan fingerprint density at radius 1 is 0.949 bits per heavy atom. The minimum Gasteiger partial charge on any atom is -0.484 e. The number of hydrogen-bond donors (Lipinski definition) is 1. The van der Waals surface area contributed by atoms with Crippen LogP contribution in [0.1, 0.15) is 11.3 Å². The van der Waals surface area contributed by atoms with Gasteiger partial charge < -0.3 is 19.2 Å². The molecule has 5 aromatic rings. The van der Waals surface area contributed by atoms with Gasteiger partial charge in [0.15, 0.2) is 6.61 Å². The molecule has 10 heteroatoms. The Bertz CT molecular complexity index is 1780. The van der Waals surface area contributed by atoms with Gasteiger partial charge in [-0.3, -0.25) is 9.59 Å². The van der Waals surface area contributed by atoms with Gasteiger partial charge in [0.05, 0.1) is 5.39 Å². The summed E-state index contributed by atoms with van der Waals surface area (Å²) in [7, 11) is 0. The summed E-state index contributed by atoms with van der Waals surface area (Å²) in [5.74, 6) is -2.98. The van der Waals surface area contributed by atoms with Crippen molar-refractivity contribution in [3.8, 4) is 17.2 Å². The van der Waals surface area contributed by atoms with Gasteiger partial charge in [0.1, 0.15) is 17.1 Å². The molecule has 0 aliphatic heterocycles. The number of hydrogen-bond acceptors (Lipinski definition) is 5. The van der Waals surface area contributed by atoms with E-state index in [1.165, 1.54) is 24.3 Å². The van der Waals surface area contributed by atoms with Crippen LogP contribution in [0.3, 0.4) is 0 Å². The molecule has 0 atom stereocenters. The molecule has 0 bridgehead atoms. The number of aryl methyl sites for hydroxylation is 1.